The van der Waals surface area contributed by atoms with Gasteiger partial charge in [-0.05, 0) is 43.4 Å². The van der Waals surface area contributed by atoms with E-state index in [1.165, 1.54) is 18.6 Å². The number of hydrogen-bond acceptors (Lipinski definition) is 2. The highest BCUT2D eigenvalue weighted by molar-refractivity contribution is 5.80. The van der Waals surface area contributed by atoms with Gasteiger partial charge in [0, 0.05) is 19.4 Å². The summed E-state index contributed by atoms with van der Waals surface area (Å²) in [4.78, 5) is 11.8. The molecule has 1 atom stereocenters. The van der Waals surface area contributed by atoms with Crippen LogP contribution in [0, 0.1) is 5.82 Å². The predicted octanol–water partition coefficient (Wildman–Crippen LogP) is 3.29. The topological polar surface area (TPSA) is 26.3 Å². The van der Waals surface area contributed by atoms with Gasteiger partial charge >= 0.3 is 0 Å². The summed E-state index contributed by atoms with van der Waals surface area (Å²) in [5, 5.41) is 0. The molecular weight excluding hydrogens is 231 g/mol. The van der Waals surface area contributed by atoms with Crippen molar-refractivity contribution in [2.75, 3.05) is 6.61 Å². The van der Waals surface area contributed by atoms with E-state index < -0.39 is 0 Å². The molecule has 3 heteroatoms. The Labute approximate surface area is 107 Å². The van der Waals surface area contributed by atoms with Crippen molar-refractivity contribution < 1.29 is 13.9 Å². The second kappa shape index (κ2) is 6.64. The summed E-state index contributed by atoms with van der Waals surface area (Å²) in [5.41, 5.74) is 0.881. The number of ketones is 1. The second-order valence-corrected chi connectivity index (χ2v) is 4.87. The molecule has 18 heavy (non-hydrogen) atoms. The molecule has 1 unspecified atom stereocenters. The van der Waals surface area contributed by atoms with Crippen LogP contribution in [0.2, 0.25) is 0 Å². The number of ether oxygens (including phenoxy) is 1. The van der Waals surface area contributed by atoms with Gasteiger partial charge in [-0.15, -0.1) is 0 Å². The zero-order valence-electron chi connectivity index (χ0n) is 10.5. The molecule has 2 nitrogen and oxygen atoms in total. The van der Waals surface area contributed by atoms with Gasteiger partial charge in [0.25, 0.3) is 0 Å². The van der Waals surface area contributed by atoms with Crippen molar-refractivity contribution >= 4 is 5.78 Å². The Morgan fingerprint density at radius 3 is 2.72 bits per heavy atom. The van der Waals surface area contributed by atoms with Crippen LogP contribution >= 0.6 is 0 Å². The van der Waals surface area contributed by atoms with Gasteiger partial charge in [-0.1, -0.05) is 12.1 Å². The first-order valence-electron chi connectivity index (χ1n) is 6.62. The van der Waals surface area contributed by atoms with E-state index in [9.17, 15) is 9.18 Å². The van der Waals surface area contributed by atoms with Gasteiger partial charge in [-0.25, -0.2) is 4.39 Å². The Morgan fingerprint density at radius 1 is 1.28 bits per heavy atom. The molecule has 1 heterocycles. The molecule has 1 saturated heterocycles. The van der Waals surface area contributed by atoms with Crippen LogP contribution in [0.5, 0.6) is 0 Å². The van der Waals surface area contributed by atoms with Crippen molar-refractivity contribution in [3.63, 3.8) is 0 Å². The minimum atomic E-state index is -0.262. The lowest BCUT2D eigenvalue weighted by Crippen LogP contribution is -2.20. The number of halogens is 1. The van der Waals surface area contributed by atoms with Crippen molar-refractivity contribution in [2.45, 2.75) is 44.6 Å². The lowest BCUT2D eigenvalue weighted by atomic mass is 10.0. The van der Waals surface area contributed by atoms with Crippen LogP contribution in [-0.4, -0.2) is 18.5 Å². The quantitative estimate of drug-likeness (QED) is 0.801. The number of carbonyl (C=O) groups is 1. The van der Waals surface area contributed by atoms with Crippen LogP contribution in [0.1, 0.15) is 37.7 Å². The fraction of sp³-hybridized carbons (Fsp3) is 0.533. The van der Waals surface area contributed by atoms with Gasteiger partial charge in [-0.2, -0.15) is 0 Å². The molecule has 0 aromatic heterocycles. The number of benzene rings is 1. The van der Waals surface area contributed by atoms with E-state index in [1.54, 1.807) is 12.1 Å². The summed E-state index contributed by atoms with van der Waals surface area (Å²) in [6.45, 7) is 0.830. The normalized spacial score (nSPS) is 19.7. The Bertz CT molecular complexity index is 380. The highest BCUT2D eigenvalue weighted by Gasteiger charge is 2.15. The summed E-state index contributed by atoms with van der Waals surface area (Å²) < 4.78 is 18.3. The van der Waals surface area contributed by atoms with E-state index in [0.717, 1.165) is 31.4 Å². The largest absolute Gasteiger partial charge is 0.378 e. The Hall–Kier alpha value is -1.22. The zero-order chi connectivity index (χ0) is 12.8. The van der Waals surface area contributed by atoms with Crippen LogP contribution in [0.3, 0.4) is 0 Å². The van der Waals surface area contributed by atoms with Gasteiger partial charge in [0.2, 0.25) is 0 Å². The minimum absolute atomic E-state index is 0.204. The first-order valence-corrected chi connectivity index (χ1v) is 6.62. The Kier molecular flexibility index (Phi) is 4.88. The van der Waals surface area contributed by atoms with E-state index in [-0.39, 0.29) is 17.7 Å². The Morgan fingerprint density at radius 2 is 2.06 bits per heavy atom. The summed E-state index contributed by atoms with van der Waals surface area (Å²) in [7, 11) is 0. The monoisotopic (exact) mass is 250 g/mol. The van der Waals surface area contributed by atoms with Gasteiger partial charge in [0.1, 0.15) is 11.6 Å². The highest BCUT2D eigenvalue weighted by Crippen LogP contribution is 2.17. The average Bonchev–Trinajstić information content (AvgIpc) is 2.40. The van der Waals surface area contributed by atoms with E-state index in [1.807, 2.05) is 0 Å². The van der Waals surface area contributed by atoms with Crippen LogP contribution in [0.15, 0.2) is 24.3 Å². The smallest absolute Gasteiger partial charge is 0.137 e. The molecule has 1 aromatic carbocycles. The second-order valence-electron chi connectivity index (χ2n) is 4.87. The van der Waals surface area contributed by atoms with Crippen LogP contribution in [0.25, 0.3) is 0 Å². The minimum Gasteiger partial charge on any atom is -0.378 e. The summed E-state index contributed by atoms with van der Waals surface area (Å²) in [6, 6.07) is 6.13. The lowest BCUT2D eigenvalue weighted by Gasteiger charge is -2.22. The van der Waals surface area contributed by atoms with Crippen LogP contribution in [0.4, 0.5) is 4.39 Å². The Balaban J connectivity index is 1.73. The van der Waals surface area contributed by atoms with Crippen molar-refractivity contribution in [2.24, 2.45) is 0 Å². The number of rotatable bonds is 5. The summed E-state index contributed by atoms with van der Waals surface area (Å²) >= 11 is 0. The van der Waals surface area contributed by atoms with E-state index in [0.29, 0.717) is 12.8 Å². The maximum Gasteiger partial charge on any atom is 0.137 e. The molecule has 1 aliphatic heterocycles. The lowest BCUT2D eigenvalue weighted by molar-refractivity contribution is -0.119. The van der Waals surface area contributed by atoms with E-state index in [4.69, 9.17) is 4.74 Å². The zero-order valence-corrected chi connectivity index (χ0v) is 10.5. The average molecular weight is 250 g/mol. The highest BCUT2D eigenvalue weighted by atomic mass is 19.1. The molecule has 0 saturated carbocycles. The van der Waals surface area contributed by atoms with Crippen molar-refractivity contribution in [1.29, 1.82) is 0 Å². The molecule has 0 bridgehead atoms. The van der Waals surface area contributed by atoms with Gasteiger partial charge in [0.05, 0.1) is 6.10 Å². The SMILES string of the molecule is O=C(CCC1CCCCO1)Cc1ccc(F)cc1. The molecule has 2 rings (SSSR count). The molecule has 0 N–H and O–H groups in total. The first-order chi connectivity index (χ1) is 8.74. The third-order valence-electron chi connectivity index (χ3n) is 3.33. The van der Waals surface area contributed by atoms with Crippen LogP contribution in [-0.2, 0) is 16.0 Å². The molecule has 1 fully saturated rings. The maximum absolute atomic E-state index is 12.7. The van der Waals surface area contributed by atoms with E-state index in [2.05, 4.69) is 0 Å². The van der Waals surface area contributed by atoms with Crippen molar-refractivity contribution in [1.82, 2.24) is 0 Å². The molecule has 0 aliphatic carbocycles. The fourth-order valence-corrected chi connectivity index (χ4v) is 2.28. The standard InChI is InChI=1S/C15H19FO2/c16-13-6-4-12(5-7-13)11-14(17)8-9-15-3-1-2-10-18-15/h4-7,15H,1-3,8-11H2. The molecule has 98 valence electrons. The summed E-state index contributed by atoms with van der Waals surface area (Å²) in [6.07, 6.45) is 5.45. The number of hydrogen-bond donors (Lipinski definition) is 0. The predicted molar refractivity (Wildman–Crippen MR) is 67.9 cm³/mol. The first kappa shape index (κ1) is 13.2. The molecule has 1 aliphatic rings. The van der Waals surface area contributed by atoms with Crippen molar-refractivity contribution in [3.8, 4) is 0 Å². The van der Waals surface area contributed by atoms with Gasteiger partial charge < -0.3 is 4.74 Å². The third-order valence-corrected chi connectivity index (χ3v) is 3.33. The van der Waals surface area contributed by atoms with Gasteiger partial charge in [-0.3, -0.25) is 4.79 Å². The molecule has 0 radical (unpaired) electrons. The maximum atomic E-state index is 12.7. The molecular formula is C15H19FO2. The molecule has 1 aromatic rings. The van der Waals surface area contributed by atoms with Crippen molar-refractivity contribution in [3.05, 3.63) is 35.6 Å². The molecule has 0 amide bonds. The number of carbonyl (C=O) groups excluding carboxylic acids is 1. The van der Waals surface area contributed by atoms with E-state index >= 15 is 0 Å². The fourth-order valence-electron chi connectivity index (χ4n) is 2.28. The number of Topliss-reactive ketones (excluding diaryl/α,β-unsaturated/α-hetero) is 1. The van der Waals surface area contributed by atoms with Gasteiger partial charge in [0.15, 0.2) is 0 Å². The summed E-state index contributed by atoms with van der Waals surface area (Å²) in [5.74, 6) is -0.0578. The third kappa shape index (κ3) is 4.22. The molecule has 0 spiro atoms. The van der Waals surface area contributed by atoms with Crippen LogP contribution < -0.4 is 0 Å².